The molecule has 1 aromatic rings. The zero-order valence-electron chi connectivity index (χ0n) is 7.48. The number of hydrogen-bond donors (Lipinski definition) is 1. The van der Waals surface area contributed by atoms with Crippen molar-refractivity contribution in [1.29, 1.82) is 0 Å². The Kier molecular flexibility index (Phi) is 9.27. The van der Waals surface area contributed by atoms with E-state index >= 15 is 0 Å². The number of para-hydroxylation sites is 1. The minimum atomic E-state index is -1.18. The van der Waals surface area contributed by atoms with Gasteiger partial charge < -0.3 is 15.3 Å². The summed E-state index contributed by atoms with van der Waals surface area (Å²) in [6, 6.07) is 5.54. The summed E-state index contributed by atoms with van der Waals surface area (Å²) >= 11 is 0. The minimum absolute atomic E-state index is 0. The van der Waals surface area contributed by atoms with E-state index in [9.17, 15) is 9.90 Å². The van der Waals surface area contributed by atoms with Gasteiger partial charge in [0.1, 0.15) is 0 Å². The molecule has 0 fully saturated rings. The summed E-state index contributed by atoms with van der Waals surface area (Å²) in [7, 11) is 0.750. The van der Waals surface area contributed by atoms with Crippen molar-refractivity contribution < 1.29 is 49.7 Å². The summed E-state index contributed by atoms with van der Waals surface area (Å²) in [5, 5.41) is 27.3. The molecule has 0 aliphatic carbocycles. The Morgan fingerprint density at radius 2 is 1.77 bits per heavy atom. The molecule has 66 valence electrons. The molecule has 0 aromatic heterocycles. The number of aromatic carboxylic acids is 1. The molecule has 0 unspecified atom stereocenters. The smallest absolute Gasteiger partial charge is 0.872 e. The van der Waals surface area contributed by atoms with Crippen LogP contribution >= 0.6 is 0 Å². The van der Waals surface area contributed by atoms with E-state index in [1.165, 1.54) is 24.3 Å². The van der Waals surface area contributed by atoms with Gasteiger partial charge in [0.2, 0.25) is 0 Å². The summed E-state index contributed by atoms with van der Waals surface area (Å²) in [5.41, 5.74) is -0.178. The van der Waals surface area contributed by atoms with E-state index in [2.05, 4.69) is 0 Å². The van der Waals surface area contributed by atoms with Crippen molar-refractivity contribution in [3.8, 4) is 5.75 Å². The van der Waals surface area contributed by atoms with Gasteiger partial charge in [-0.15, -0.1) is 0 Å². The molecule has 0 heterocycles. The maximum absolute atomic E-state index is 10.7. The maximum atomic E-state index is 10.7. The fraction of sp³-hybridized carbons (Fsp3) is 0.125. The molecule has 0 saturated heterocycles. The molecule has 13 heavy (non-hydrogen) atoms. The van der Waals surface area contributed by atoms with Crippen LogP contribution in [0.3, 0.4) is 0 Å². The third-order valence-corrected chi connectivity index (χ3v) is 1.12. The first kappa shape index (κ1) is 14.9. The first-order chi connectivity index (χ1) is 5.72. The van der Waals surface area contributed by atoms with Crippen LogP contribution < -0.4 is 39.8 Å². The molecule has 0 bridgehead atoms. The van der Waals surface area contributed by atoms with E-state index in [0.29, 0.717) is 0 Å². The number of carboxylic acids is 1. The van der Waals surface area contributed by atoms with Crippen LogP contribution in [0.5, 0.6) is 5.75 Å². The van der Waals surface area contributed by atoms with Gasteiger partial charge in [0.05, 0.1) is 5.56 Å². The van der Waals surface area contributed by atoms with Crippen molar-refractivity contribution >= 4 is 5.97 Å². The van der Waals surface area contributed by atoms with Crippen molar-refractivity contribution in [2.75, 3.05) is 7.11 Å². The van der Waals surface area contributed by atoms with Crippen LogP contribution in [-0.2, 0) is 0 Å². The van der Waals surface area contributed by atoms with Crippen molar-refractivity contribution in [3.05, 3.63) is 29.8 Å². The number of hydrogen-bond acceptors (Lipinski definition) is 3. The third kappa shape index (κ3) is 4.90. The second-order valence-corrected chi connectivity index (χ2v) is 1.80. The minimum Gasteiger partial charge on any atom is -0.872 e. The number of carbonyl (C=O) groups is 1. The number of benzene rings is 1. The largest absolute Gasteiger partial charge is 1.00 e. The summed E-state index contributed by atoms with van der Waals surface area (Å²) in [6.45, 7) is 0. The summed E-state index contributed by atoms with van der Waals surface area (Å²) < 4.78 is 0. The maximum Gasteiger partial charge on any atom is 1.00 e. The number of carboxylic acid groups (broad SMARTS) is 1. The molecule has 0 radical (unpaired) electrons. The molecule has 1 rings (SSSR count). The van der Waals surface area contributed by atoms with Gasteiger partial charge in [0.15, 0.2) is 0 Å². The van der Waals surface area contributed by atoms with Crippen molar-refractivity contribution in [2.45, 2.75) is 0 Å². The van der Waals surface area contributed by atoms with Crippen LogP contribution in [0.2, 0.25) is 0 Å². The summed E-state index contributed by atoms with van der Waals surface area (Å²) in [5.74, 6) is -1.62. The van der Waals surface area contributed by atoms with Gasteiger partial charge in [-0.25, -0.2) is 4.79 Å². The third-order valence-electron chi connectivity index (χ3n) is 1.12. The first-order valence-corrected chi connectivity index (χ1v) is 3.12. The fourth-order valence-corrected chi connectivity index (χ4v) is 0.643. The van der Waals surface area contributed by atoms with Crippen LogP contribution in [0, 0.1) is 0 Å². The Labute approximate surface area is 98.1 Å². The number of rotatable bonds is 1. The monoisotopic (exact) mass is 191 g/mol. The Morgan fingerprint density at radius 3 is 2.08 bits per heavy atom. The molecule has 0 aliphatic heterocycles. The van der Waals surface area contributed by atoms with Crippen LogP contribution in [0.4, 0.5) is 0 Å². The second-order valence-electron chi connectivity index (χ2n) is 1.80. The molecule has 4 nitrogen and oxygen atoms in total. The molecular weight excluding hydrogens is 183 g/mol. The van der Waals surface area contributed by atoms with E-state index in [0.717, 1.165) is 7.11 Å². The average molecular weight is 191 g/mol. The van der Waals surface area contributed by atoms with Crippen LogP contribution in [0.15, 0.2) is 24.3 Å². The van der Waals surface area contributed by atoms with E-state index in [1.807, 2.05) is 0 Å². The SMILES string of the molecule is C[O-].O=C(O)c1ccccc1[O-].[Na+]. The molecular formula is C8H8NaO4-. The predicted molar refractivity (Wildman–Crippen MR) is 38.8 cm³/mol. The van der Waals surface area contributed by atoms with Gasteiger partial charge in [-0.1, -0.05) is 23.9 Å². The molecule has 0 atom stereocenters. The predicted octanol–water partition coefficient (Wildman–Crippen LogP) is -3.56. The summed E-state index contributed by atoms with van der Waals surface area (Å²) in [6.07, 6.45) is 0. The Balaban J connectivity index is 0. The van der Waals surface area contributed by atoms with Crippen LogP contribution in [0.1, 0.15) is 10.4 Å². The quantitative estimate of drug-likeness (QED) is 0.465. The molecule has 0 spiro atoms. The Morgan fingerprint density at radius 1 is 1.31 bits per heavy atom. The normalized spacial score (nSPS) is 7.54. The first-order valence-electron chi connectivity index (χ1n) is 3.12. The van der Waals surface area contributed by atoms with E-state index in [4.69, 9.17) is 10.2 Å². The van der Waals surface area contributed by atoms with E-state index < -0.39 is 11.7 Å². The molecule has 0 amide bonds. The second kappa shape index (κ2) is 8.07. The van der Waals surface area contributed by atoms with Crippen molar-refractivity contribution in [1.82, 2.24) is 0 Å². The zero-order chi connectivity index (χ0) is 9.56. The van der Waals surface area contributed by atoms with Gasteiger partial charge in [-0.2, -0.15) is 7.11 Å². The van der Waals surface area contributed by atoms with Gasteiger partial charge in [-0.05, 0) is 6.07 Å². The standard InChI is InChI=1S/C7H6O3.CH3O.Na/c8-6-4-2-1-3-5(6)7(9)10;1-2;/h1-4,8H,(H,9,10);1H3;/q;-1;+1/p-1. The average Bonchev–Trinajstić information content (AvgIpc) is 2.08. The van der Waals surface area contributed by atoms with Gasteiger partial charge in [-0.3, -0.25) is 0 Å². The fourth-order valence-electron chi connectivity index (χ4n) is 0.643. The molecule has 5 heteroatoms. The van der Waals surface area contributed by atoms with Crippen LogP contribution in [0.25, 0.3) is 0 Å². The van der Waals surface area contributed by atoms with Crippen molar-refractivity contribution in [3.63, 3.8) is 0 Å². The van der Waals surface area contributed by atoms with Crippen LogP contribution in [-0.4, -0.2) is 18.2 Å². The Hall–Kier alpha value is -0.550. The topological polar surface area (TPSA) is 83.4 Å². The van der Waals surface area contributed by atoms with E-state index in [-0.39, 0.29) is 35.1 Å². The van der Waals surface area contributed by atoms with Crippen molar-refractivity contribution in [2.24, 2.45) is 0 Å². The Bertz CT molecular complexity index is 262. The zero-order valence-corrected chi connectivity index (χ0v) is 9.48. The molecule has 0 saturated carbocycles. The molecule has 0 aliphatic rings. The van der Waals surface area contributed by atoms with Gasteiger partial charge >= 0.3 is 35.5 Å². The molecule has 1 aromatic carbocycles. The van der Waals surface area contributed by atoms with Gasteiger partial charge in [0, 0.05) is 0 Å². The van der Waals surface area contributed by atoms with Gasteiger partial charge in [0.25, 0.3) is 0 Å². The molecule has 1 N–H and O–H groups in total. The summed E-state index contributed by atoms with van der Waals surface area (Å²) in [4.78, 5) is 10.2. The van der Waals surface area contributed by atoms with E-state index in [1.54, 1.807) is 0 Å².